The molecule has 0 radical (unpaired) electrons. The third kappa shape index (κ3) is 3.56. The predicted octanol–water partition coefficient (Wildman–Crippen LogP) is 2.38. The van der Waals surface area contributed by atoms with Crippen LogP contribution in [0.5, 0.6) is 0 Å². The quantitative estimate of drug-likeness (QED) is 0.751. The minimum Gasteiger partial charge on any atom is -0.478 e. The van der Waals surface area contributed by atoms with E-state index in [0.29, 0.717) is 16.8 Å². The number of amides is 1. The van der Waals surface area contributed by atoms with Crippen LogP contribution in [0, 0.1) is 13.8 Å². The molecule has 108 valence electrons. The lowest BCUT2D eigenvalue weighted by atomic mass is 10.1. The topological polar surface area (TPSA) is 95.1 Å². The first-order valence-electron chi connectivity index (χ1n) is 6.31. The molecule has 1 aromatic heterocycles. The second kappa shape index (κ2) is 6.04. The maximum Gasteiger partial charge on any atom is 0.328 e. The first-order valence-corrected chi connectivity index (χ1v) is 6.31. The molecule has 0 spiro atoms. The van der Waals surface area contributed by atoms with Crippen molar-refractivity contribution in [3.05, 3.63) is 52.9 Å². The Labute approximate surface area is 121 Å². The summed E-state index contributed by atoms with van der Waals surface area (Å²) in [6.45, 7) is 3.63. The van der Waals surface area contributed by atoms with Gasteiger partial charge in [0.15, 0.2) is 0 Å². The maximum absolute atomic E-state index is 12.1. The number of aryl methyl sites for hydroxylation is 2. The molecule has 0 atom stereocenters. The van der Waals surface area contributed by atoms with Crippen molar-refractivity contribution in [2.24, 2.45) is 0 Å². The second-order valence-corrected chi connectivity index (χ2v) is 4.56. The number of carboxylic acid groups (broad SMARTS) is 1. The van der Waals surface area contributed by atoms with Crippen LogP contribution in [0.3, 0.4) is 0 Å². The van der Waals surface area contributed by atoms with Crippen LogP contribution in [0.1, 0.15) is 27.3 Å². The minimum atomic E-state index is -1.01. The number of anilines is 1. The lowest BCUT2D eigenvalue weighted by Crippen LogP contribution is -2.12. The molecule has 1 amide bonds. The Morgan fingerprint density at radius 3 is 2.43 bits per heavy atom. The Kier molecular flexibility index (Phi) is 4.18. The van der Waals surface area contributed by atoms with Crippen molar-refractivity contribution in [2.45, 2.75) is 13.8 Å². The standard InChI is InChI=1S/C15H15N3O3/c1-9-14(10(2)18-17-9)16-15(21)12-6-3-11(4-7-12)5-8-13(19)20/h3-8H,1-2H3,(H,16,21)(H,17,18)(H,19,20). The molecule has 0 fully saturated rings. The third-order valence-corrected chi connectivity index (χ3v) is 2.96. The zero-order valence-electron chi connectivity index (χ0n) is 11.7. The van der Waals surface area contributed by atoms with Gasteiger partial charge in [-0.15, -0.1) is 0 Å². The fourth-order valence-corrected chi connectivity index (χ4v) is 1.83. The van der Waals surface area contributed by atoms with Crippen LogP contribution in [0.2, 0.25) is 0 Å². The van der Waals surface area contributed by atoms with Gasteiger partial charge in [-0.3, -0.25) is 9.89 Å². The molecule has 0 aliphatic heterocycles. The summed E-state index contributed by atoms with van der Waals surface area (Å²) in [5, 5.41) is 18.2. The number of carboxylic acids is 1. The SMILES string of the molecule is Cc1n[nH]c(C)c1NC(=O)c1ccc(C=CC(=O)O)cc1. The van der Waals surface area contributed by atoms with Gasteiger partial charge in [-0.25, -0.2) is 4.79 Å². The van der Waals surface area contributed by atoms with E-state index in [0.717, 1.165) is 17.5 Å². The van der Waals surface area contributed by atoms with Crippen LogP contribution in [-0.2, 0) is 4.79 Å². The van der Waals surface area contributed by atoms with E-state index in [1.54, 1.807) is 31.2 Å². The van der Waals surface area contributed by atoms with Crippen molar-refractivity contribution in [3.63, 3.8) is 0 Å². The van der Waals surface area contributed by atoms with Gasteiger partial charge in [0.25, 0.3) is 5.91 Å². The van der Waals surface area contributed by atoms with Crippen LogP contribution >= 0.6 is 0 Å². The molecule has 0 saturated heterocycles. The van der Waals surface area contributed by atoms with E-state index in [9.17, 15) is 9.59 Å². The molecule has 3 N–H and O–H groups in total. The van der Waals surface area contributed by atoms with Crippen molar-refractivity contribution < 1.29 is 14.7 Å². The maximum atomic E-state index is 12.1. The van der Waals surface area contributed by atoms with Gasteiger partial charge in [0, 0.05) is 11.6 Å². The number of aromatic amines is 1. The van der Waals surface area contributed by atoms with E-state index in [1.165, 1.54) is 6.08 Å². The molecule has 2 rings (SSSR count). The number of hydrogen-bond acceptors (Lipinski definition) is 3. The van der Waals surface area contributed by atoms with Crippen molar-refractivity contribution in [1.82, 2.24) is 10.2 Å². The van der Waals surface area contributed by atoms with Crippen molar-refractivity contribution in [1.29, 1.82) is 0 Å². The van der Waals surface area contributed by atoms with Gasteiger partial charge in [0.05, 0.1) is 17.1 Å². The van der Waals surface area contributed by atoms with Gasteiger partial charge in [0.2, 0.25) is 0 Å². The average molecular weight is 285 g/mol. The van der Waals surface area contributed by atoms with Crippen molar-refractivity contribution in [3.8, 4) is 0 Å². The van der Waals surface area contributed by atoms with Gasteiger partial charge >= 0.3 is 5.97 Å². The number of rotatable bonds is 4. The number of nitrogens with zero attached hydrogens (tertiary/aromatic N) is 1. The summed E-state index contributed by atoms with van der Waals surface area (Å²) in [5.41, 5.74) is 3.39. The van der Waals surface area contributed by atoms with Gasteiger partial charge < -0.3 is 10.4 Å². The Hall–Kier alpha value is -2.89. The Balaban J connectivity index is 2.12. The van der Waals surface area contributed by atoms with E-state index < -0.39 is 5.97 Å². The molecule has 1 heterocycles. The zero-order chi connectivity index (χ0) is 15.4. The highest BCUT2D eigenvalue weighted by Gasteiger charge is 2.11. The Morgan fingerprint density at radius 2 is 1.90 bits per heavy atom. The van der Waals surface area contributed by atoms with E-state index in [1.807, 2.05) is 6.92 Å². The third-order valence-electron chi connectivity index (χ3n) is 2.96. The van der Waals surface area contributed by atoms with Crippen LogP contribution in [0.25, 0.3) is 6.08 Å². The number of carbonyl (C=O) groups excluding carboxylic acids is 1. The summed E-state index contributed by atoms with van der Waals surface area (Å²) in [4.78, 5) is 22.6. The van der Waals surface area contributed by atoms with E-state index in [2.05, 4.69) is 15.5 Å². The first-order chi connectivity index (χ1) is 9.97. The monoisotopic (exact) mass is 285 g/mol. The molecule has 0 bridgehead atoms. The molecule has 0 aliphatic rings. The van der Waals surface area contributed by atoms with Crippen LogP contribution in [-0.4, -0.2) is 27.2 Å². The van der Waals surface area contributed by atoms with E-state index >= 15 is 0 Å². The Bertz CT molecular complexity index is 680. The van der Waals surface area contributed by atoms with Crippen LogP contribution < -0.4 is 5.32 Å². The average Bonchev–Trinajstić information content (AvgIpc) is 2.77. The molecule has 21 heavy (non-hydrogen) atoms. The van der Waals surface area contributed by atoms with Gasteiger partial charge in [-0.1, -0.05) is 12.1 Å². The number of H-pyrrole nitrogens is 1. The minimum absolute atomic E-state index is 0.239. The van der Waals surface area contributed by atoms with Crippen LogP contribution in [0.15, 0.2) is 30.3 Å². The number of benzene rings is 1. The molecular formula is C15H15N3O3. The largest absolute Gasteiger partial charge is 0.478 e. The summed E-state index contributed by atoms with van der Waals surface area (Å²) >= 11 is 0. The normalized spacial score (nSPS) is 10.8. The fourth-order valence-electron chi connectivity index (χ4n) is 1.83. The zero-order valence-corrected chi connectivity index (χ0v) is 11.7. The Morgan fingerprint density at radius 1 is 1.24 bits per heavy atom. The molecule has 2 aromatic rings. The number of hydrogen-bond donors (Lipinski definition) is 3. The van der Waals surface area contributed by atoms with E-state index in [4.69, 9.17) is 5.11 Å². The molecule has 0 unspecified atom stereocenters. The van der Waals surface area contributed by atoms with Gasteiger partial charge in [-0.05, 0) is 37.6 Å². The number of aromatic nitrogens is 2. The fraction of sp³-hybridized carbons (Fsp3) is 0.133. The lowest BCUT2D eigenvalue weighted by Gasteiger charge is -2.05. The molecule has 0 aliphatic carbocycles. The number of carbonyl (C=O) groups is 2. The highest BCUT2D eigenvalue weighted by atomic mass is 16.4. The number of aliphatic carboxylic acids is 1. The molecule has 0 saturated carbocycles. The summed E-state index contributed by atoms with van der Waals surface area (Å²) < 4.78 is 0. The summed E-state index contributed by atoms with van der Waals surface area (Å²) in [6, 6.07) is 6.65. The summed E-state index contributed by atoms with van der Waals surface area (Å²) in [5.74, 6) is -1.25. The highest BCUT2D eigenvalue weighted by molar-refractivity contribution is 6.05. The smallest absolute Gasteiger partial charge is 0.328 e. The van der Waals surface area contributed by atoms with Crippen molar-refractivity contribution in [2.75, 3.05) is 5.32 Å². The molecular weight excluding hydrogens is 270 g/mol. The summed E-state index contributed by atoms with van der Waals surface area (Å²) in [6.07, 6.45) is 2.52. The predicted molar refractivity (Wildman–Crippen MR) is 79.1 cm³/mol. The first kappa shape index (κ1) is 14.5. The highest BCUT2D eigenvalue weighted by Crippen LogP contribution is 2.17. The van der Waals surface area contributed by atoms with Crippen molar-refractivity contribution >= 4 is 23.6 Å². The second-order valence-electron chi connectivity index (χ2n) is 4.56. The van der Waals surface area contributed by atoms with Crippen LogP contribution in [0.4, 0.5) is 5.69 Å². The van der Waals surface area contributed by atoms with Gasteiger partial charge in [-0.2, -0.15) is 5.10 Å². The molecule has 6 nitrogen and oxygen atoms in total. The summed E-state index contributed by atoms with van der Waals surface area (Å²) in [7, 11) is 0. The molecule has 1 aromatic carbocycles. The lowest BCUT2D eigenvalue weighted by molar-refractivity contribution is -0.131. The van der Waals surface area contributed by atoms with E-state index in [-0.39, 0.29) is 5.91 Å². The van der Waals surface area contributed by atoms with Gasteiger partial charge in [0.1, 0.15) is 0 Å². The number of nitrogens with one attached hydrogen (secondary N) is 2. The molecule has 6 heteroatoms.